The van der Waals surface area contributed by atoms with E-state index in [1.807, 2.05) is 31.2 Å². The number of rotatable bonds is 8. The average molecular weight is 546 g/mol. The molecule has 4 N–H and O–H groups in total. The van der Waals surface area contributed by atoms with E-state index in [0.717, 1.165) is 16.7 Å². The summed E-state index contributed by atoms with van der Waals surface area (Å²) in [5, 5.41) is 11.4. The van der Waals surface area contributed by atoms with E-state index in [1.54, 1.807) is 42.6 Å². The van der Waals surface area contributed by atoms with Gasteiger partial charge in [0, 0.05) is 36.7 Å². The lowest BCUT2D eigenvalue weighted by Crippen LogP contribution is -2.28. The lowest BCUT2D eigenvalue weighted by atomic mass is 10.1. The molecular weight excluding hydrogens is 520 g/mol. The van der Waals surface area contributed by atoms with Crippen LogP contribution in [0.25, 0.3) is 0 Å². The number of alkyl halides is 2. The summed E-state index contributed by atoms with van der Waals surface area (Å²) in [5.74, 6) is -0.350. The summed E-state index contributed by atoms with van der Waals surface area (Å²) >= 11 is 0. The van der Waals surface area contributed by atoms with E-state index in [4.69, 9.17) is 0 Å². The summed E-state index contributed by atoms with van der Waals surface area (Å²) in [4.78, 5) is 29.5. The number of ether oxygens (including phenoxy) is 2. The maximum atomic E-state index is 13.3. The van der Waals surface area contributed by atoms with Crippen molar-refractivity contribution in [2.45, 2.75) is 26.3 Å². The van der Waals surface area contributed by atoms with Crippen LogP contribution in [0.1, 0.15) is 27.0 Å². The summed E-state index contributed by atoms with van der Waals surface area (Å²) in [5.41, 5.74) is 4.08. The van der Waals surface area contributed by atoms with E-state index in [2.05, 4.69) is 35.7 Å². The van der Waals surface area contributed by atoms with Crippen molar-refractivity contribution < 1.29 is 27.8 Å². The Morgan fingerprint density at radius 2 is 1.65 bits per heavy atom. The molecule has 11 heteroatoms. The van der Waals surface area contributed by atoms with E-state index in [-0.39, 0.29) is 23.2 Å². The molecule has 1 aliphatic rings. The van der Waals surface area contributed by atoms with Gasteiger partial charge in [-0.25, -0.2) is 9.78 Å². The van der Waals surface area contributed by atoms with Gasteiger partial charge in [-0.15, -0.1) is 8.78 Å². The third-order valence-electron chi connectivity index (χ3n) is 5.92. The van der Waals surface area contributed by atoms with Crippen LogP contribution in [0, 0.1) is 6.92 Å². The number of urea groups is 1. The van der Waals surface area contributed by atoms with Gasteiger partial charge in [-0.05, 0) is 54.4 Å². The second-order valence-corrected chi connectivity index (χ2v) is 9.03. The highest BCUT2D eigenvalue weighted by Crippen LogP contribution is 2.42. The second-order valence-electron chi connectivity index (χ2n) is 9.03. The van der Waals surface area contributed by atoms with E-state index in [1.165, 1.54) is 18.2 Å². The summed E-state index contributed by atoms with van der Waals surface area (Å²) < 4.78 is 35.4. The fraction of sp³-hybridized carbons (Fsp3) is 0.138. The van der Waals surface area contributed by atoms with Crippen molar-refractivity contribution >= 4 is 29.1 Å². The van der Waals surface area contributed by atoms with Gasteiger partial charge in [0.25, 0.3) is 5.91 Å². The minimum absolute atomic E-state index is 0.111. The van der Waals surface area contributed by atoms with Crippen LogP contribution in [0.3, 0.4) is 0 Å². The van der Waals surface area contributed by atoms with Crippen molar-refractivity contribution in [3.63, 3.8) is 0 Å². The number of para-hydroxylation sites is 1. The molecule has 0 saturated heterocycles. The predicted octanol–water partition coefficient (Wildman–Crippen LogP) is 5.90. The molecule has 1 aliphatic heterocycles. The number of carbonyl (C=O) groups is 2. The Kier molecular flexibility index (Phi) is 7.45. The van der Waals surface area contributed by atoms with Gasteiger partial charge in [-0.3, -0.25) is 10.1 Å². The molecule has 4 aromatic rings. The summed E-state index contributed by atoms with van der Waals surface area (Å²) in [7, 11) is 0. The number of fused-ring (bicyclic) bond motifs is 1. The van der Waals surface area contributed by atoms with Crippen LogP contribution >= 0.6 is 0 Å². The highest BCUT2D eigenvalue weighted by Gasteiger charge is 2.43. The Bertz CT molecular complexity index is 1560. The molecule has 0 unspecified atom stereocenters. The van der Waals surface area contributed by atoms with Crippen molar-refractivity contribution in [1.82, 2.24) is 10.3 Å². The Labute approximate surface area is 228 Å². The topological polar surface area (TPSA) is 114 Å². The second kappa shape index (κ2) is 11.3. The first-order valence-electron chi connectivity index (χ1n) is 12.3. The normalized spacial score (nSPS) is 12.9. The van der Waals surface area contributed by atoms with Crippen LogP contribution in [0.2, 0.25) is 0 Å². The molecule has 5 rings (SSSR count). The molecule has 2 heterocycles. The van der Waals surface area contributed by atoms with Crippen molar-refractivity contribution in [3.05, 3.63) is 107 Å². The molecule has 0 saturated carbocycles. The Morgan fingerprint density at radius 1 is 0.850 bits per heavy atom. The zero-order valence-corrected chi connectivity index (χ0v) is 21.3. The third kappa shape index (κ3) is 6.62. The highest BCUT2D eigenvalue weighted by atomic mass is 19.3. The Balaban J connectivity index is 1.18. The molecule has 1 aromatic heterocycles. The number of aryl methyl sites for hydroxylation is 1. The van der Waals surface area contributed by atoms with Gasteiger partial charge in [0.2, 0.25) is 0 Å². The molecule has 3 aromatic carbocycles. The molecule has 0 bridgehead atoms. The van der Waals surface area contributed by atoms with Crippen LogP contribution in [0.4, 0.5) is 30.8 Å². The maximum Gasteiger partial charge on any atom is 0.586 e. The number of pyridine rings is 1. The monoisotopic (exact) mass is 545 g/mol. The molecule has 0 radical (unpaired) electrons. The number of hydrogen-bond donors (Lipinski definition) is 4. The van der Waals surface area contributed by atoms with Crippen LogP contribution in [0.15, 0.2) is 85.1 Å². The van der Waals surface area contributed by atoms with E-state index in [9.17, 15) is 18.4 Å². The Hall–Kier alpha value is -5.19. The van der Waals surface area contributed by atoms with Crippen LogP contribution < -0.4 is 30.7 Å². The number of amides is 3. The number of benzene rings is 3. The lowest BCUT2D eigenvalue weighted by Gasteiger charge is -2.13. The standard InChI is InChI=1S/C29H25F2N5O4/c1-18-5-4-6-19(13-18)17-34-28(38)36-26-14-20(11-12-32-26)16-33-23-8-3-2-7-22(23)27(37)35-21-9-10-24-25(15-21)40-29(30,31)39-24/h2-15,33H,16-17H2,1H3,(H,35,37)(H2,32,34,36,38). The van der Waals surface area contributed by atoms with Gasteiger partial charge >= 0.3 is 12.3 Å². The van der Waals surface area contributed by atoms with Crippen molar-refractivity contribution in [2.75, 3.05) is 16.0 Å². The van der Waals surface area contributed by atoms with E-state index in [0.29, 0.717) is 30.2 Å². The number of hydrogen-bond acceptors (Lipinski definition) is 6. The molecule has 3 amide bonds. The summed E-state index contributed by atoms with van der Waals surface area (Å²) in [6, 6.07) is 21.9. The smallest absolute Gasteiger partial charge is 0.395 e. The van der Waals surface area contributed by atoms with Gasteiger partial charge < -0.3 is 25.4 Å². The molecule has 0 aliphatic carbocycles. The first kappa shape index (κ1) is 26.4. The first-order valence-corrected chi connectivity index (χ1v) is 12.3. The number of carbonyl (C=O) groups excluding carboxylic acids is 2. The average Bonchev–Trinajstić information content (AvgIpc) is 3.24. The van der Waals surface area contributed by atoms with Crippen molar-refractivity contribution in [3.8, 4) is 11.5 Å². The van der Waals surface area contributed by atoms with Crippen molar-refractivity contribution in [2.24, 2.45) is 0 Å². The fourth-order valence-corrected chi connectivity index (χ4v) is 4.08. The molecule has 0 atom stereocenters. The first-order chi connectivity index (χ1) is 19.2. The quantitative estimate of drug-likeness (QED) is 0.219. The molecule has 0 fully saturated rings. The molecule has 0 spiro atoms. The third-order valence-corrected chi connectivity index (χ3v) is 5.92. The minimum Gasteiger partial charge on any atom is -0.395 e. The van der Waals surface area contributed by atoms with Crippen LogP contribution in [-0.2, 0) is 13.1 Å². The predicted molar refractivity (Wildman–Crippen MR) is 146 cm³/mol. The summed E-state index contributed by atoms with van der Waals surface area (Å²) in [6.07, 6.45) is -2.16. The minimum atomic E-state index is -3.74. The van der Waals surface area contributed by atoms with Gasteiger partial charge in [0.1, 0.15) is 5.82 Å². The SMILES string of the molecule is Cc1cccc(CNC(=O)Nc2cc(CNc3ccccc3C(=O)Nc3ccc4c(c3)OC(F)(F)O4)ccn2)c1. The maximum absolute atomic E-state index is 13.3. The van der Waals surface area contributed by atoms with Crippen LogP contribution in [-0.4, -0.2) is 23.2 Å². The molecule has 204 valence electrons. The largest absolute Gasteiger partial charge is 0.586 e. The zero-order chi connectivity index (χ0) is 28.1. The number of nitrogens with zero attached hydrogens (tertiary/aromatic N) is 1. The zero-order valence-electron chi connectivity index (χ0n) is 21.3. The number of nitrogens with one attached hydrogen (secondary N) is 4. The highest BCUT2D eigenvalue weighted by molar-refractivity contribution is 6.08. The van der Waals surface area contributed by atoms with Gasteiger partial charge in [-0.1, -0.05) is 42.0 Å². The summed E-state index contributed by atoms with van der Waals surface area (Å²) in [6.45, 7) is 2.71. The molecule has 9 nitrogen and oxygen atoms in total. The van der Waals surface area contributed by atoms with Crippen molar-refractivity contribution in [1.29, 1.82) is 0 Å². The van der Waals surface area contributed by atoms with E-state index < -0.39 is 12.2 Å². The van der Waals surface area contributed by atoms with Crippen LogP contribution in [0.5, 0.6) is 11.5 Å². The molecular formula is C29H25F2N5O4. The van der Waals surface area contributed by atoms with Gasteiger partial charge in [0.05, 0.1) is 5.56 Å². The van der Waals surface area contributed by atoms with E-state index >= 15 is 0 Å². The van der Waals surface area contributed by atoms with Gasteiger partial charge in [0.15, 0.2) is 11.5 Å². The number of aromatic nitrogens is 1. The Morgan fingerprint density at radius 3 is 2.50 bits per heavy atom. The fourth-order valence-electron chi connectivity index (χ4n) is 4.08. The number of anilines is 3. The number of halogens is 2. The lowest BCUT2D eigenvalue weighted by molar-refractivity contribution is -0.286. The molecule has 40 heavy (non-hydrogen) atoms. The van der Waals surface area contributed by atoms with Gasteiger partial charge in [-0.2, -0.15) is 0 Å².